The van der Waals surface area contributed by atoms with Crippen LogP contribution in [0.4, 0.5) is 17.1 Å². The van der Waals surface area contributed by atoms with Crippen LogP contribution in [0.1, 0.15) is 0 Å². The molecular formula is C46H30N2S. The molecule has 0 N–H and O–H groups in total. The van der Waals surface area contributed by atoms with E-state index in [2.05, 4.69) is 191 Å². The smallest absolute Gasteiger partial charge is 0.0547 e. The predicted molar refractivity (Wildman–Crippen MR) is 211 cm³/mol. The summed E-state index contributed by atoms with van der Waals surface area (Å²) in [4.78, 5) is 2.34. The molecule has 0 aliphatic carbocycles. The normalized spacial score (nSPS) is 11.7. The van der Waals surface area contributed by atoms with Gasteiger partial charge in [-0.25, -0.2) is 0 Å². The molecule has 2 heterocycles. The van der Waals surface area contributed by atoms with E-state index in [0.29, 0.717) is 0 Å². The van der Waals surface area contributed by atoms with Gasteiger partial charge in [0.15, 0.2) is 0 Å². The fraction of sp³-hybridized carbons (Fsp3) is 0. The van der Waals surface area contributed by atoms with E-state index in [-0.39, 0.29) is 0 Å². The molecule has 0 bridgehead atoms. The lowest BCUT2D eigenvalue weighted by molar-refractivity contribution is 1.17. The molecule has 0 atom stereocenters. The van der Waals surface area contributed by atoms with Gasteiger partial charge in [0.25, 0.3) is 0 Å². The number of rotatable bonds is 5. The second-order valence-electron chi connectivity index (χ2n) is 12.6. The Morgan fingerprint density at radius 3 is 1.82 bits per heavy atom. The summed E-state index contributed by atoms with van der Waals surface area (Å²) < 4.78 is 5.07. The minimum absolute atomic E-state index is 1.11. The van der Waals surface area contributed by atoms with Crippen LogP contribution in [0, 0.1) is 0 Å². The van der Waals surface area contributed by atoms with Gasteiger partial charge in [0.2, 0.25) is 0 Å². The molecule has 49 heavy (non-hydrogen) atoms. The first-order chi connectivity index (χ1) is 24.3. The Morgan fingerprint density at radius 1 is 0.408 bits per heavy atom. The summed E-state index contributed by atoms with van der Waals surface area (Å²) >= 11 is 1.88. The Morgan fingerprint density at radius 2 is 1.02 bits per heavy atom. The summed E-state index contributed by atoms with van der Waals surface area (Å²) in [5.41, 5.74) is 9.43. The fourth-order valence-corrected chi connectivity index (χ4v) is 8.71. The van der Waals surface area contributed by atoms with Gasteiger partial charge >= 0.3 is 0 Å². The largest absolute Gasteiger partial charge is 0.311 e. The van der Waals surface area contributed by atoms with E-state index in [0.717, 1.165) is 22.7 Å². The number of anilines is 3. The molecule has 0 radical (unpaired) electrons. The zero-order valence-corrected chi connectivity index (χ0v) is 27.4. The Balaban J connectivity index is 1.07. The van der Waals surface area contributed by atoms with Gasteiger partial charge in [-0.05, 0) is 94.7 Å². The quantitative estimate of drug-likeness (QED) is 0.181. The van der Waals surface area contributed by atoms with Gasteiger partial charge in [-0.3, -0.25) is 0 Å². The SMILES string of the molecule is c1ccc(N(c2ccc(-c3cccc4c3sc3ccccc34)cc2)c2ccc(-n3c4ccccc4c4cc5ccccc5cc43)cc2)cc1. The molecule has 0 spiro atoms. The molecule has 0 aliphatic rings. The zero-order valence-electron chi connectivity index (χ0n) is 26.6. The number of nitrogens with zero attached hydrogens (tertiary/aromatic N) is 2. The number of hydrogen-bond acceptors (Lipinski definition) is 2. The van der Waals surface area contributed by atoms with Crippen LogP contribution in [0.2, 0.25) is 0 Å². The Kier molecular flexibility index (Phi) is 6.39. The molecular weight excluding hydrogens is 613 g/mol. The highest BCUT2D eigenvalue weighted by atomic mass is 32.1. The van der Waals surface area contributed by atoms with Crippen LogP contribution < -0.4 is 4.90 Å². The summed E-state index contributed by atoms with van der Waals surface area (Å²) in [5, 5.41) is 7.70. The zero-order chi connectivity index (χ0) is 32.3. The van der Waals surface area contributed by atoms with Crippen LogP contribution >= 0.6 is 11.3 Å². The molecule has 10 rings (SSSR count). The Hall–Kier alpha value is -6.16. The topological polar surface area (TPSA) is 8.17 Å². The maximum Gasteiger partial charge on any atom is 0.0547 e. The first-order valence-corrected chi connectivity index (χ1v) is 17.5. The lowest BCUT2D eigenvalue weighted by atomic mass is 10.0. The Bertz CT molecular complexity index is 2810. The molecule has 0 fully saturated rings. The summed E-state index contributed by atoms with van der Waals surface area (Å²) in [5.74, 6) is 0. The fourth-order valence-electron chi connectivity index (χ4n) is 7.47. The lowest BCUT2D eigenvalue weighted by Crippen LogP contribution is -2.10. The Labute approximate surface area is 288 Å². The molecule has 0 aliphatic heterocycles. The predicted octanol–water partition coefficient (Wildman–Crippen LogP) is 13.4. The van der Waals surface area contributed by atoms with Crippen molar-refractivity contribution >= 4 is 81.1 Å². The molecule has 230 valence electrons. The van der Waals surface area contributed by atoms with Crippen molar-refractivity contribution in [3.05, 3.63) is 182 Å². The van der Waals surface area contributed by atoms with Crippen molar-refractivity contribution in [2.24, 2.45) is 0 Å². The van der Waals surface area contributed by atoms with Gasteiger partial charge in [0, 0.05) is 53.7 Å². The molecule has 0 saturated carbocycles. The van der Waals surface area contributed by atoms with Gasteiger partial charge in [0.05, 0.1) is 11.0 Å². The standard InChI is InChI=1S/C46H30N2S/c1-2-13-34(14-3-1)47(35-23-21-31(22-24-35)38-17-10-18-41-40-16-7-9-20-45(40)49-46(38)41)36-25-27-37(28-26-36)48-43-19-8-6-15-39(43)42-29-32-11-4-5-12-33(32)30-44(42)48/h1-30H. The van der Waals surface area contributed by atoms with Crippen molar-refractivity contribution in [1.82, 2.24) is 4.57 Å². The minimum Gasteiger partial charge on any atom is -0.311 e. The highest BCUT2D eigenvalue weighted by Crippen LogP contribution is 2.42. The summed E-state index contributed by atoms with van der Waals surface area (Å²) in [6.07, 6.45) is 0. The van der Waals surface area contributed by atoms with E-state index < -0.39 is 0 Å². The molecule has 2 aromatic heterocycles. The monoisotopic (exact) mass is 642 g/mol. The van der Waals surface area contributed by atoms with Crippen LogP contribution in [-0.2, 0) is 0 Å². The second kappa shape index (κ2) is 11.2. The second-order valence-corrected chi connectivity index (χ2v) is 13.6. The molecule has 2 nitrogen and oxygen atoms in total. The molecule has 0 saturated heterocycles. The average Bonchev–Trinajstić information content (AvgIpc) is 3.71. The van der Waals surface area contributed by atoms with Crippen LogP contribution in [0.25, 0.3) is 69.6 Å². The maximum atomic E-state index is 2.40. The summed E-state index contributed by atoms with van der Waals surface area (Å²) in [7, 11) is 0. The van der Waals surface area contributed by atoms with E-state index in [1.807, 2.05) is 11.3 Å². The van der Waals surface area contributed by atoms with Crippen molar-refractivity contribution in [2.45, 2.75) is 0 Å². The number of fused-ring (bicyclic) bond motifs is 7. The van der Waals surface area contributed by atoms with Crippen LogP contribution in [-0.4, -0.2) is 4.57 Å². The van der Waals surface area contributed by atoms with Gasteiger partial charge in [-0.2, -0.15) is 0 Å². The van der Waals surface area contributed by atoms with Crippen molar-refractivity contribution < 1.29 is 0 Å². The third kappa shape index (κ3) is 4.55. The third-order valence-corrected chi connectivity index (χ3v) is 11.0. The average molecular weight is 643 g/mol. The number of para-hydroxylation sites is 2. The molecule has 0 amide bonds. The maximum absolute atomic E-state index is 2.40. The highest BCUT2D eigenvalue weighted by Gasteiger charge is 2.17. The van der Waals surface area contributed by atoms with Gasteiger partial charge in [-0.1, -0.05) is 109 Å². The first-order valence-electron chi connectivity index (χ1n) is 16.7. The van der Waals surface area contributed by atoms with E-state index in [4.69, 9.17) is 0 Å². The van der Waals surface area contributed by atoms with Crippen LogP contribution in [0.15, 0.2) is 182 Å². The van der Waals surface area contributed by atoms with Crippen LogP contribution in [0.3, 0.4) is 0 Å². The molecule has 10 aromatic rings. The lowest BCUT2D eigenvalue weighted by Gasteiger charge is -2.26. The van der Waals surface area contributed by atoms with Crippen molar-refractivity contribution in [3.63, 3.8) is 0 Å². The van der Waals surface area contributed by atoms with Crippen molar-refractivity contribution in [3.8, 4) is 16.8 Å². The molecule has 0 unspecified atom stereocenters. The minimum atomic E-state index is 1.11. The van der Waals surface area contributed by atoms with E-state index in [1.165, 1.54) is 63.9 Å². The third-order valence-electron chi connectivity index (χ3n) is 9.76. The molecule has 3 heteroatoms. The van der Waals surface area contributed by atoms with Crippen molar-refractivity contribution in [2.75, 3.05) is 4.90 Å². The number of thiophene rings is 1. The number of hydrogen-bond donors (Lipinski definition) is 0. The summed E-state index contributed by atoms with van der Waals surface area (Å²) in [6.45, 7) is 0. The highest BCUT2D eigenvalue weighted by molar-refractivity contribution is 7.26. The van der Waals surface area contributed by atoms with Gasteiger partial charge < -0.3 is 9.47 Å². The van der Waals surface area contributed by atoms with E-state index >= 15 is 0 Å². The number of aromatic nitrogens is 1. The van der Waals surface area contributed by atoms with Gasteiger partial charge in [0.1, 0.15) is 0 Å². The van der Waals surface area contributed by atoms with E-state index in [1.54, 1.807) is 0 Å². The van der Waals surface area contributed by atoms with Crippen LogP contribution in [0.5, 0.6) is 0 Å². The van der Waals surface area contributed by atoms with E-state index in [9.17, 15) is 0 Å². The molecule has 8 aromatic carbocycles. The van der Waals surface area contributed by atoms with Gasteiger partial charge in [-0.15, -0.1) is 11.3 Å². The first kappa shape index (κ1) is 27.9. The van der Waals surface area contributed by atoms with Crippen molar-refractivity contribution in [1.29, 1.82) is 0 Å². The number of benzene rings is 8. The summed E-state index contributed by atoms with van der Waals surface area (Å²) in [6, 6.07) is 66.1.